The van der Waals surface area contributed by atoms with Crippen LogP contribution in [-0.2, 0) is 11.2 Å². The average molecular weight is 302 g/mol. The predicted molar refractivity (Wildman–Crippen MR) is 78.1 cm³/mol. The minimum Gasteiger partial charge on any atom is -0.351 e. The number of hydrogen-bond donors (Lipinski definition) is 1. The molecular weight excluding hydrogens is 284 g/mol. The highest BCUT2D eigenvalue weighted by Gasteiger charge is 2.23. The summed E-state index contributed by atoms with van der Waals surface area (Å²) in [5.74, 6) is 0.637. The minimum absolute atomic E-state index is 0.0698. The lowest BCUT2D eigenvalue weighted by Gasteiger charge is -2.33. The van der Waals surface area contributed by atoms with Crippen molar-refractivity contribution in [3.63, 3.8) is 0 Å². The van der Waals surface area contributed by atoms with Gasteiger partial charge >= 0.3 is 0 Å². The highest BCUT2D eigenvalue weighted by Crippen LogP contribution is 2.15. The summed E-state index contributed by atoms with van der Waals surface area (Å²) in [6.45, 7) is 3.39. The van der Waals surface area contributed by atoms with Gasteiger partial charge < -0.3 is 10.2 Å². The molecule has 0 aromatic carbocycles. The Morgan fingerprint density at radius 1 is 1.41 bits per heavy atom. The van der Waals surface area contributed by atoms with E-state index in [-0.39, 0.29) is 18.4 Å². The maximum Gasteiger partial charge on any atom is 0.226 e. The van der Waals surface area contributed by atoms with Gasteiger partial charge in [-0.2, -0.15) is 0 Å². The smallest absolute Gasteiger partial charge is 0.226 e. The van der Waals surface area contributed by atoms with Gasteiger partial charge in [0.1, 0.15) is 11.4 Å². The van der Waals surface area contributed by atoms with Crippen LogP contribution in [-0.4, -0.2) is 45.3 Å². The van der Waals surface area contributed by atoms with Crippen LogP contribution in [0.4, 0.5) is 5.95 Å². The molecule has 3 rings (SSSR count). The van der Waals surface area contributed by atoms with Gasteiger partial charge in [0.2, 0.25) is 11.9 Å². The highest BCUT2D eigenvalue weighted by atomic mass is 16.6. The molecule has 1 atom stereocenters. The first-order valence-corrected chi connectivity index (χ1v) is 7.32. The van der Waals surface area contributed by atoms with Crippen LogP contribution in [0.3, 0.4) is 0 Å². The fraction of sp³-hybridized carbons (Fsp3) is 0.500. The van der Waals surface area contributed by atoms with E-state index in [1.54, 1.807) is 25.4 Å². The van der Waals surface area contributed by atoms with Crippen LogP contribution in [0.1, 0.15) is 24.2 Å². The standard InChI is InChI=1S/C14H18N6O2/c1-10-12(19-22-18-10)8-13(21)17-11-4-2-7-20(9-11)14-15-5-3-6-16-14/h3,5-6,11H,2,4,7-9H2,1H3,(H,17,21)/t11-/m0/s1. The van der Waals surface area contributed by atoms with Crippen molar-refractivity contribution >= 4 is 11.9 Å². The summed E-state index contributed by atoms with van der Waals surface area (Å²) in [5, 5.41) is 10.4. The second kappa shape index (κ2) is 6.50. The zero-order chi connectivity index (χ0) is 15.4. The van der Waals surface area contributed by atoms with E-state index in [4.69, 9.17) is 0 Å². The lowest BCUT2D eigenvalue weighted by atomic mass is 10.1. The van der Waals surface area contributed by atoms with Crippen molar-refractivity contribution < 1.29 is 9.42 Å². The van der Waals surface area contributed by atoms with Gasteiger partial charge in [-0.05, 0) is 25.8 Å². The molecule has 1 saturated heterocycles. The van der Waals surface area contributed by atoms with Crippen molar-refractivity contribution in [1.82, 2.24) is 25.6 Å². The molecule has 8 nitrogen and oxygen atoms in total. The van der Waals surface area contributed by atoms with E-state index >= 15 is 0 Å². The van der Waals surface area contributed by atoms with Gasteiger partial charge in [0, 0.05) is 31.5 Å². The number of nitrogens with zero attached hydrogens (tertiary/aromatic N) is 5. The van der Waals surface area contributed by atoms with Crippen LogP contribution in [0, 0.1) is 6.92 Å². The molecule has 3 heterocycles. The van der Waals surface area contributed by atoms with Crippen LogP contribution in [0.5, 0.6) is 0 Å². The van der Waals surface area contributed by atoms with Gasteiger partial charge in [0.25, 0.3) is 0 Å². The van der Waals surface area contributed by atoms with Crippen molar-refractivity contribution in [3.8, 4) is 0 Å². The monoisotopic (exact) mass is 302 g/mol. The fourth-order valence-corrected chi connectivity index (χ4v) is 2.57. The highest BCUT2D eigenvalue weighted by molar-refractivity contribution is 5.78. The number of amides is 1. The summed E-state index contributed by atoms with van der Waals surface area (Å²) in [7, 11) is 0. The zero-order valence-electron chi connectivity index (χ0n) is 12.4. The lowest BCUT2D eigenvalue weighted by molar-refractivity contribution is -0.121. The number of carbonyl (C=O) groups excluding carboxylic acids is 1. The van der Waals surface area contributed by atoms with E-state index in [9.17, 15) is 4.79 Å². The van der Waals surface area contributed by atoms with Gasteiger partial charge in [-0.3, -0.25) is 4.79 Å². The largest absolute Gasteiger partial charge is 0.351 e. The zero-order valence-corrected chi connectivity index (χ0v) is 12.4. The number of aromatic nitrogens is 4. The first-order chi connectivity index (χ1) is 10.7. The van der Waals surface area contributed by atoms with E-state index in [0.717, 1.165) is 19.4 Å². The molecule has 1 amide bonds. The van der Waals surface area contributed by atoms with E-state index in [1.807, 2.05) is 0 Å². The molecule has 0 saturated carbocycles. The summed E-state index contributed by atoms with van der Waals surface area (Å²) < 4.78 is 4.61. The molecule has 1 aliphatic heterocycles. The summed E-state index contributed by atoms with van der Waals surface area (Å²) in [6, 6.07) is 1.88. The fourth-order valence-electron chi connectivity index (χ4n) is 2.57. The van der Waals surface area contributed by atoms with Gasteiger partial charge in [-0.25, -0.2) is 14.6 Å². The average Bonchev–Trinajstić information content (AvgIpc) is 2.93. The molecule has 0 unspecified atom stereocenters. The van der Waals surface area contributed by atoms with E-state index in [1.165, 1.54) is 0 Å². The third-order valence-corrected chi connectivity index (χ3v) is 3.70. The molecule has 1 N–H and O–H groups in total. The molecule has 1 fully saturated rings. The summed E-state index contributed by atoms with van der Waals surface area (Å²) in [6.07, 6.45) is 5.59. The van der Waals surface area contributed by atoms with Gasteiger partial charge in [-0.1, -0.05) is 10.3 Å². The number of anilines is 1. The Morgan fingerprint density at radius 2 is 2.23 bits per heavy atom. The number of aryl methyl sites for hydroxylation is 1. The molecule has 8 heteroatoms. The minimum atomic E-state index is -0.0698. The Hall–Kier alpha value is -2.51. The number of carbonyl (C=O) groups is 1. The van der Waals surface area contributed by atoms with Gasteiger partial charge in [0.15, 0.2) is 0 Å². The van der Waals surface area contributed by atoms with Crippen LogP contribution < -0.4 is 10.2 Å². The van der Waals surface area contributed by atoms with E-state index in [2.05, 4.69) is 35.1 Å². The van der Waals surface area contributed by atoms with Gasteiger partial charge in [-0.15, -0.1) is 0 Å². The lowest BCUT2D eigenvalue weighted by Crippen LogP contribution is -2.48. The molecule has 0 spiro atoms. The van der Waals surface area contributed by atoms with Crippen molar-refractivity contribution in [1.29, 1.82) is 0 Å². The van der Waals surface area contributed by atoms with Crippen LogP contribution >= 0.6 is 0 Å². The first kappa shape index (κ1) is 14.4. The molecule has 0 radical (unpaired) electrons. The maximum absolute atomic E-state index is 12.1. The number of nitrogens with one attached hydrogen (secondary N) is 1. The maximum atomic E-state index is 12.1. The molecule has 2 aromatic rings. The molecule has 2 aromatic heterocycles. The Kier molecular flexibility index (Phi) is 4.27. The summed E-state index contributed by atoms with van der Waals surface area (Å²) >= 11 is 0. The quantitative estimate of drug-likeness (QED) is 0.878. The van der Waals surface area contributed by atoms with E-state index < -0.39 is 0 Å². The number of hydrogen-bond acceptors (Lipinski definition) is 7. The molecular formula is C14H18N6O2. The van der Waals surface area contributed by atoms with Crippen molar-refractivity contribution in [3.05, 3.63) is 29.8 Å². The van der Waals surface area contributed by atoms with Gasteiger partial charge in [0.05, 0.1) is 6.42 Å². The third kappa shape index (κ3) is 3.38. The molecule has 1 aliphatic rings. The molecule has 0 bridgehead atoms. The third-order valence-electron chi connectivity index (χ3n) is 3.70. The Bertz CT molecular complexity index is 629. The number of rotatable bonds is 4. The molecule has 22 heavy (non-hydrogen) atoms. The van der Waals surface area contributed by atoms with Crippen molar-refractivity contribution in [2.75, 3.05) is 18.0 Å². The Morgan fingerprint density at radius 3 is 2.95 bits per heavy atom. The topological polar surface area (TPSA) is 97.0 Å². The predicted octanol–water partition coefficient (Wildman–Crippen LogP) is 0.496. The summed E-state index contributed by atoms with van der Waals surface area (Å²) in [4.78, 5) is 22.7. The summed E-state index contributed by atoms with van der Waals surface area (Å²) in [5.41, 5.74) is 1.23. The SMILES string of the molecule is Cc1nonc1CC(=O)N[C@H]1CCCN(c2ncccn2)C1. The first-order valence-electron chi connectivity index (χ1n) is 7.32. The van der Waals surface area contributed by atoms with Crippen molar-refractivity contribution in [2.45, 2.75) is 32.2 Å². The van der Waals surface area contributed by atoms with E-state index in [0.29, 0.717) is 23.9 Å². The van der Waals surface area contributed by atoms with Crippen LogP contribution in [0.25, 0.3) is 0 Å². The molecule has 0 aliphatic carbocycles. The van der Waals surface area contributed by atoms with Crippen LogP contribution in [0.15, 0.2) is 23.1 Å². The molecule has 116 valence electrons. The Labute approximate surface area is 127 Å². The number of piperidine rings is 1. The second-order valence-electron chi connectivity index (χ2n) is 5.37. The second-order valence-corrected chi connectivity index (χ2v) is 5.37. The van der Waals surface area contributed by atoms with Crippen LogP contribution in [0.2, 0.25) is 0 Å². The van der Waals surface area contributed by atoms with Crippen molar-refractivity contribution in [2.24, 2.45) is 0 Å². The normalized spacial score (nSPS) is 18.2. The Balaban J connectivity index is 1.56.